The first-order valence-electron chi connectivity index (χ1n) is 3.81. The molecule has 0 atom stereocenters. The van der Waals surface area contributed by atoms with E-state index in [4.69, 9.17) is 0 Å². The van der Waals surface area contributed by atoms with Crippen molar-refractivity contribution < 1.29 is 22.3 Å². The number of halogens is 5. The van der Waals surface area contributed by atoms with Gasteiger partial charge in [0.15, 0.2) is 0 Å². The molecule has 0 aromatic carbocycles. The number of hydrogen-bond donors (Lipinski definition) is 0. The van der Waals surface area contributed by atoms with Gasteiger partial charge in [0.05, 0.1) is 0 Å². The molecule has 0 aliphatic rings. The van der Waals surface area contributed by atoms with Gasteiger partial charge in [0.2, 0.25) is 5.88 Å². The van der Waals surface area contributed by atoms with Gasteiger partial charge in [-0.15, -0.1) is 13.2 Å². The molecular formula is C8H6F4INO. The summed E-state index contributed by atoms with van der Waals surface area (Å²) in [6, 6.07) is 1.06. The first-order chi connectivity index (χ1) is 6.83. The summed E-state index contributed by atoms with van der Waals surface area (Å²) in [5.41, 5.74) is 0.668. The molecule has 0 amide bonds. The predicted octanol–water partition coefficient (Wildman–Crippen LogP) is 3.36. The third-order valence-electron chi connectivity index (χ3n) is 1.63. The first kappa shape index (κ1) is 12.5. The summed E-state index contributed by atoms with van der Waals surface area (Å²) in [6.07, 6.45) is -4.78. The van der Waals surface area contributed by atoms with E-state index < -0.39 is 18.9 Å². The Bertz CT molecular complexity index is 343. The maximum atomic E-state index is 12.4. The molecule has 0 unspecified atom stereocenters. The first-order valence-corrected chi connectivity index (χ1v) is 4.89. The third kappa shape index (κ3) is 3.47. The van der Waals surface area contributed by atoms with Gasteiger partial charge in [-0.1, -0.05) is 0 Å². The van der Waals surface area contributed by atoms with Gasteiger partial charge in [-0.2, -0.15) is 0 Å². The average molecular weight is 335 g/mol. The highest BCUT2D eigenvalue weighted by Gasteiger charge is 2.32. The molecule has 0 aliphatic heterocycles. The maximum Gasteiger partial charge on any atom is 0.574 e. The Hall–Kier alpha value is -0.600. The zero-order valence-electron chi connectivity index (χ0n) is 7.53. The van der Waals surface area contributed by atoms with Crippen molar-refractivity contribution in [3.63, 3.8) is 0 Å². The quantitative estimate of drug-likeness (QED) is 0.470. The lowest BCUT2D eigenvalue weighted by Crippen LogP contribution is -2.18. The summed E-state index contributed by atoms with van der Waals surface area (Å²) in [7, 11) is 0. The van der Waals surface area contributed by atoms with Crippen molar-refractivity contribution in [2.45, 2.75) is 20.0 Å². The Morgan fingerprint density at radius 2 is 2.07 bits per heavy atom. The number of ether oxygens (including phenoxy) is 1. The van der Waals surface area contributed by atoms with Crippen LogP contribution in [0.15, 0.2) is 6.07 Å². The van der Waals surface area contributed by atoms with E-state index in [1.165, 1.54) is 6.92 Å². The van der Waals surface area contributed by atoms with Gasteiger partial charge in [-0.25, -0.2) is 9.37 Å². The molecular weight excluding hydrogens is 329 g/mol. The summed E-state index contributed by atoms with van der Waals surface area (Å²) in [4.78, 5) is 3.49. The summed E-state index contributed by atoms with van der Waals surface area (Å²) >= 11 is 1.66. The van der Waals surface area contributed by atoms with Crippen LogP contribution in [0.25, 0.3) is 0 Å². The van der Waals surface area contributed by atoms with E-state index in [1.807, 2.05) is 0 Å². The molecule has 1 aromatic rings. The molecule has 0 N–H and O–H groups in total. The molecule has 2 nitrogen and oxygen atoms in total. The SMILES string of the molecule is Cc1cc(OC(F)(F)F)nc(I)c1CF. The van der Waals surface area contributed by atoms with Crippen molar-refractivity contribution in [3.8, 4) is 5.88 Å². The fourth-order valence-electron chi connectivity index (χ4n) is 0.963. The van der Waals surface area contributed by atoms with E-state index in [9.17, 15) is 17.6 Å². The fraction of sp³-hybridized carbons (Fsp3) is 0.375. The Kier molecular flexibility index (Phi) is 3.74. The number of hydrogen-bond acceptors (Lipinski definition) is 2. The zero-order valence-corrected chi connectivity index (χ0v) is 9.69. The molecule has 0 fully saturated rings. The molecule has 0 radical (unpaired) electrons. The molecule has 1 rings (SSSR count). The van der Waals surface area contributed by atoms with Crippen molar-refractivity contribution in [1.82, 2.24) is 4.98 Å². The molecule has 0 saturated carbocycles. The second-order valence-corrected chi connectivity index (χ2v) is 3.75. The lowest BCUT2D eigenvalue weighted by Gasteiger charge is -2.10. The van der Waals surface area contributed by atoms with Crippen LogP contribution in [0.5, 0.6) is 5.88 Å². The number of pyridine rings is 1. The Labute approximate surface area is 96.8 Å². The number of alkyl halides is 4. The standard InChI is InChI=1S/C8H6F4INO/c1-4-2-6(15-8(10,11)12)14-7(13)5(4)3-9/h2H,3H2,1H3. The van der Waals surface area contributed by atoms with E-state index in [1.54, 1.807) is 22.6 Å². The zero-order chi connectivity index (χ0) is 11.6. The molecule has 0 spiro atoms. The van der Waals surface area contributed by atoms with Gasteiger partial charge in [0.1, 0.15) is 10.4 Å². The number of nitrogens with zero attached hydrogens (tertiary/aromatic N) is 1. The van der Waals surface area contributed by atoms with Crippen LogP contribution in [0, 0.1) is 10.6 Å². The van der Waals surface area contributed by atoms with Crippen LogP contribution in [0.1, 0.15) is 11.1 Å². The van der Waals surface area contributed by atoms with Gasteiger partial charge in [0, 0.05) is 11.6 Å². The van der Waals surface area contributed by atoms with Crippen molar-refractivity contribution in [2.24, 2.45) is 0 Å². The monoisotopic (exact) mass is 335 g/mol. The summed E-state index contributed by atoms with van der Waals surface area (Å²) in [5.74, 6) is -0.568. The third-order valence-corrected chi connectivity index (χ3v) is 2.52. The molecule has 0 bridgehead atoms. The lowest BCUT2D eigenvalue weighted by atomic mass is 10.2. The predicted molar refractivity (Wildman–Crippen MR) is 53.2 cm³/mol. The highest BCUT2D eigenvalue weighted by Crippen LogP contribution is 2.25. The summed E-state index contributed by atoms with van der Waals surface area (Å²) in [5, 5.41) is 0. The summed E-state index contributed by atoms with van der Waals surface area (Å²) in [6.45, 7) is 0.741. The second kappa shape index (κ2) is 4.50. The minimum atomic E-state index is -4.78. The van der Waals surface area contributed by atoms with Crippen molar-refractivity contribution in [1.29, 1.82) is 0 Å². The summed E-state index contributed by atoms with van der Waals surface area (Å²) < 4.78 is 51.8. The van der Waals surface area contributed by atoms with Gasteiger partial charge < -0.3 is 4.74 Å². The van der Waals surface area contributed by atoms with E-state index >= 15 is 0 Å². The van der Waals surface area contributed by atoms with Crippen LogP contribution in [0.2, 0.25) is 0 Å². The normalized spacial score (nSPS) is 11.6. The lowest BCUT2D eigenvalue weighted by molar-refractivity contribution is -0.276. The van der Waals surface area contributed by atoms with Crippen LogP contribution >= 0.6 is 22.6 Å². The van der Waals surface area contributed by atoms with Crippen LogP contribution in [0.3, 0.4) is 0 Å². The van der Waals surface area contributed by atoms with Gasteiger partial charge >= 0.3 is 6.36 Å². The number of rotatable bonds is 2. The molecule has 0 saturated heterocycles. The highest BCUT2D eigenvalue weighted by atomic mass is 127. The van der Waals surface area contributed by atoms with E-state index in [2.05, 4.69) is 9.72 Å². The second-order valence-electron chi connectivity index (χ2n) is 2.73. The van der Waals surface area contributed by atoms with Gasteiger partial charge in [-0.05, 0) is 35.1 Å². The van der Waals surface area contributed by atoms with E-state index in [0.717, 1.165) is 6.07 Å². The van der Waals surface area contributed by atoms with Crippen molar-refractivity contribution in [2.75, 3.05) is 0 Å². The molecule has 1 heterocycles. The topological polar surface area (TPSA) is 22.1 Å². The van der Waals surface area contributed by atoms with E-state index in [0.29, 0.717) is 5.56 Å². The number of aromatic nitrogens is 1. The minimum Gasteiger partial charge on any atom is -0.388 e. The van der Waals surface area contributed by atoms with E-state index in [-0.39, 0.29) is 9.26 Å². The Morgan fingerprint density at radius 1 is 1.47 bits per heavy atom. The smallest absolute Gasteiger partial charge is 0.388 e. The largest absolute Gasteiger partial charge is 0.574 e. The Balaban J connectivity index is 3.04. The highest BCUT2D eigenvalue weighted by molar-refractivity contribution is 14.1. The van der Waals surface area contributed by atoms with Crippen LogP contribution in [-0.2, 0) is 6.67 Å². The molecule has 0 aliphatic carbocycles. The average Bonchev–Trinajstić information content (AvgIpc) is 1.99. The molecule has 84 valence electrons. The number of aryl methyl sites for hydroxylation is 1. The maximum absolute atomic E-state index is 12.4. The Morgan fingerprint density at radius 3 is 2.47 bits per heavy atom. The molecule has 15 heavy (non-hydrogen) atoms. The van der Waals surface area contributed by atoms with Crippen molar-refractivity contribution in [3.05, 3.63) is 20.9 Å². The van der Waals surface area contributed by atoms with Crippen LogP contribution in [-0.4, -0.2) is 11.3 Å². The van der Waals surface area contributed by atoms with Gasteiger partial charge in [-0.3, -0.25) is 0 Å². The van der Waals surface area contributed by atoms with Crippen LogP contribution in [0.4, 0.5) is 17.6 Å². The van der Waals surface area contributed by atoms with Gasteiger partial charge in [0.25, 0.3) is 0 Å². The van der Waals surface area contributed by atoms with Crippen LogP contribution < -0.4 is 4.74 Å². The van der Waals surface area contributed by atoms with Crippen molar-refractivity contribution >= 4 is 22.6 Å². The molecule has 7 heteroatoms. The minimum absolute atomic E-state index is 0.175. The molecule has 1 aromatic heterocycles. The fourth-order valence-corrected chi connectivity index (χ4v) is 1.77.